The molecule has 0 bridgehead atoms. The normalized spacial score (nSPS) is 10.4. The van der Waals surface area contributed by atoms with Gasteiger partial charge < -0.3 is 4.74 Å². The minimum atomic E-state index is -0.448. The van der Waals surface area contributed by atoms with E-state index in [4.69, 9.17) is 27.9 Å². The molecule has 0 spiro atoms. The van der Waals surface area contributed by atoms with E-state index in [0.717, 1.165) is 5.69 Å². The Balaban J connectivity index is 2.29. The number of esters is 1. The number of carbonyl (C=O) groups excluding carboxylic acids is 1. The summed E-state index contributed by atoms with van der Waals surface area (Å²) in [4.78, 5) is 11.5. The Hall–Kier alpha value is -1.52. The number of rotatable bonds is 3. The SMILES string of the molecule is CCOC(=O)c1ccn(-c2ccc(Cl)c(Cl)c2)n1. The van der Waals surface area contributed by atoms with Gasteiger partial charge >= 0.3 is 5.97 Å². The minimum Gasteiger partial charge on any atom is -0.461 e. The van der Waals surface area contributed by atoms with Gasteiger partial charge in [-0.1, -0.05) is 23.2 Å². The summed E-state index contributed by atoms with van der Waals surface area (Å²) in [6, 6.07) is 6.69. The van der Waals surface area contributed by atoms with Crippen LogP contribution in [0, 0.1) is 0 Å². The van der Waals surface area contributed by atoms with Gasteiger partial charge in [0.15, 0.2) is 5.69 Å². The molecule has 0 aliphatic rings. The van der Waals surface area contributed by atoms with Gasteiger partial charge in [0.05, 0.1) is 22.3 Å². The molecule has 0 saturated carbocycles. The Morgan fingerprint density at radius 1 is 1.33 bits per heavy atom. The Kier molecular flexibility index (Phi) is 3.89. The fraction of sp³-hybridized carbons (Fsp3) is 0.167. The summed E-state index contributed by atoms with van der Waals surface area (Å²) in [6.45, 7) is 2.06. The van der Waals surface area contributed by atoms with Crippen molar-refractivity contribution < 1.29 is 9.53 Å². The average Bonchev–Trinajstić information content (AvgIpc) is 2.82. The molecule has 0 aliphatic heterocycles. The van der Waals surface area contributed by atoms with Gasteiger partial charge in [-0.15, -0.1) is 0 Å². The molecule has 1 aromatic heterocycles. The van der Waals surface area contributed by atoms with Crippen LogP contribution in [-0.2, 0) is 4.74 Å². The largest absolute Gasteiger partial charge is 0.461 e. The van der Waals surface area contributed by atoms with E-state index in [1.54, 1.807) is 37.4 Å². The lowest BCUT2D eigenvalue weighted by Crippen LogP contribution is -2.06. The number of nitrogens with zero attached hydrogens (tertiary/aromatic N) is 2. The van der Waals surface area contributed by atoms with Crippen molar-refractivity contribution >= 4 is 29.2 Å². The highest BCUT2D eigenvalue weighted by atomic mass is 35.5. The van der Waals surface area contributed by atoms with Crippen LogP contribution in [0.5, 0.6) is 0 Å². The van der Waals surface area contributed by atoms with Crippen LogP contribution in [0.4, 0.5) is 0 Å². The molecule has 0 saturated heterocycles. The number of benzene rings is 1. The Morgan fingerprint density at radius 3 is 2.78 bits per heavy atom. The van der Waals surface area contributed by atoms with Gasteiger partial charge in [0.25, 0.3) is 0 Å². The molecule has 0 unspecified atom stereocenters. The first-order valence-electron chi connectivity index (χ1n) is 5.30. The molecular formula is C12H10Cl2N2O2. The van der Waals surface area contributed by atoms with Gasteiger partial charge in [-0.25, -0.2) is 9.48 Å². The van der Waals surface area contributed by atoms with Gasteiger partial charge in [-0.3, -0.25) is 0 Å². The predicted molar refractivity (Wildman–Crippen MR) is 69.5 cm³/mol. The summed E-state index contributed by atoms with van der Waals surface area (Å²) < 4.78 is 6.39. The molecule has 0 fully saturated rings. The standard InChI is InChI=1S/C12H10Cl2N2O2/c1-2-18-12(17)11-5-6-16(15-11)8-3-4-9(13)10(14)7-8/h3-7H,2H2,1H3. The zero-order valence-electron chi connectivity index (χ0n) is 9.56. The summed E-state index contributed by atoms with van der Waals surface area (Å²) >= 11 is 11.7. The van der Waals surface area contributed by atoms with Crippen LogP contribution in [0.25, 0.3) is 5.69 Å². The van der Waals surface area contributed by atoms with Crippen LogP contribution in [-0.4, -0.2) is 22.4 Å². The van der Waals surface area contributed by atoms with E-state index >= 15 is 0 Å². The lowest BCUT2D eigenvalue weighted by molar-refractivity contribution is 0.0519. The van der Waals surface area contributed by atoms with Crippen LogP contribution < -0.4 is 0 Å². The predicted octanol–water partition coefficient (Wildman–Crippen LogP) is 3.36. The monoisotopic (exact) mass is 284 g/mol. The summed E-state index contributed by atoms with van der Waals surface area (Å²) in [5.74, 6) is -0.448. The maximum atomic E-state index is 11.5. The van der Waals surface area contributed by atoms with E-state index in [-0.39, 0.29) is 5.69 Å². The van der Waals surface area contributed by atoms with Gasteiger partial charge in [-0.2, -0.15) is 5.10 Å². The van der Waals surface area contributed by atoms with Crippen molar-refractivity contribution in [2.45, 2.75) is 6.92 Å². The first kappa shape index (κ1) is 12.9. The second kappa shape index (κ2) is 5.42. The lowest BCUT2D eigenvalue weighted by atomic mass is 10.3. The molecule has 6 heteroatoms. The zero-order valence-corrected chi connectivity index (χ0v) is 11.1. The van der Waals surface area contributed by atoms with E-state index in [1.807, 2.05) is 0 Å². The molecule has 1 aromatic carbocycles. The second-order valence-electron chi connectivity index (χ2n) is 3.46. The van der Waals surface area contributed by atoms with Crippen LogP contribution in [0.15, 0.2) is 30.5 Å². The summed E-state index contributed by atoms with van der Waals surface area (Å²) in [5.41, 5.74) is 0.975. The number of aromatic nitrogens is 2. The molecule has 0 amide bonds. The maximum absolute atomic E-state index is 11.5. The highest BCUT2D eigenvalue weighted by Gasteiger charge is 2.11. The van der Waals surface area contributed by atoms with Crippen molar-refractivity contribution in [1.29, 1.82) is 0 Å². The lowest BCUT2D eigenvalue weighted by Gasteiger charge is -2.03. The molecule has 4 nitrogen and oxygen atoms in total. The van der Waals surface area contributed by atoms with E-state index in [9.17, 15) is 4.79 Å². The van der Waals surface area contributed by atoms with Gasteiger partial charge in [0, 0.05) is 6.20 Å². The summed E-state index contributed by atoms with van der Waals surface area (Å²) in [6.07, 6.45) is 1.66. The zero-order chi connectivity index (χ0) is 13.1. The molecule has 0 atom stereocenters. The van der Waals surface area contributed by atoms with Gasteiger partial charge in [0.1, 0.15) is 0 Å². The molecule has 0 N–H and O–H groups in total. The molecule has 0 aliphatic carbocycles. The summed E-state index contributed by atoms with van der Waals surface area (Å²) in [5, 5.41) is 5.01. The maximum Gasteiger partial charge on any atom is 0.358 e. The molecule has 94 valence electrons. The van der Waals surface area contributed by atoms with Crippen molar-refractivity contribution in [3.8, 4) is 5.69 Å². The van der Waals surface area contributed by atoms with Crippen LogP contribution >= 0.6 is 23.2 Å². The van der Waals surface area contributed by atoms with Crippen LogP contribution in [0.2, 0.25) is 10.0 Å². The second-order valence-corrected chi connectivity index (χ2v) is 4.28. The van der Waals surface area contributed by atoms with Crippen molar-refractivity contribution in [3.63, 3.8) is 0 Å². The fourth-order valence-electron chi connectivity index (χ4n) is 1.41. The molecule has 0 radical (unpaired) electrons. The molecule has 2 rings (SSSR count). The first-order valence-corrected chi connectivity index (χ1v) is 6.05. The Morgan fingerprint density at radius 2 is 2.11 bits per heavy atom. The topological polar surface area (TPSA) is 44.1 Å². The quantitative estimate of drug-likeness (QED) is 0.812. The molecule has 18 heavy (non-hydrogen) atoms. The third kappa shape index (κ3) is 2.66. The highest BCUT2D eigenvalue weighted by Crippen LogP contribution is 2.24. The highest BCUT2D eigenvalue weighted by molar-refractivity contribution is 6.42. The summed E-state index contributed by atoms with van der Waals surface area (Å²) in [7, 11) is 0. The van der Waals surface area contributed by atoms with Crippen molar-refractivity contribution in [2.75, 3.05) is 6.61 Å². The molecule has 2 aromatic rings. The minimum absolute atomic E-state index is 0.253. The van der Waals surface area contributed by atoms with E-state index in [2.05, 4.69) is 5.10 Å². The molecular weight excluding hydrogens is 275 g/mol. The van der Waals surface area contributed by atoms with Crippen molar-refractivity contribution in [1.82, 2.24) is 9.78 Å². The van der Waals surface area contributed by atoms with Crippen molar-refractivity contribution in [3.05, 3.63) is 46.2 Å². The van der Waals surface area contributed by atoms with E-state index < -0.39 is 5.97 Å². The van der Waals surface area contributed by atoms with Crippen LogP contribution in [0.3, 0.4) is 0 Å². The Bertz CT molecular complexity index is 581. The van der Waals surface area contributed by atoms with Gasteiger partial charge in [0.2, 0.25) is 0 Å². The third-order valence-electron chi connectivity index (χ3n) is 2.24. The van der Waals surface area contributed by atoms with Gasteiger partial charge in [-0.05, 0) is 31.2 Å². The smallest absolute Gasteiger partial charge is 0.358 e. The number of carbonyl (C=O) groups is 1. The third-order valence-corrected chi connectivity index (χ3v) is 2.98. The number of hydrogen-bond acceptors (Lipinski definition) is 3. The Labute approximate surface area is 114 Å². The number of ether oxygens (including phenoxy) is 1. The number of hydrogen-bond donors (Lipinski definition) is 0. The molecule has 1 heterocycles. The van der Waals surface area contributed by atoms with Crippen molar-refractivity contribution in [2.24, 2.45) is 0 Å². The van der Waals surface area contributed by atoms with E-state index in [1.165, 1.54) is 4.68 Å². The number of halogens is 2. The van der Waals surface area contributed by atoms with Crippen LogP contribution in [0.1, 0.15) is 17.4 Å². The average molecular weight is 285 g/mol. The van der Waals surface area contributed by atoms with E-state index in [0.29, 0.717) is 16.7 Å². The first-order chi connectivity index (χ1) is 8.61. The fourth-order valence-corrected chi connectivity index (χ4v) is 1.70.